The fourth-order valence-electron chi connectivity index (χ4n) is 3.29. The summed E-state index contributed by atoms with van der Waals surface area (Å²) < 4.78 is 7.29. The molecule has 1 N–H and O–H groups in total. The molecule has 1 fully saturated rings. The smallest absolute Gasteiger partial charge is 0.295 e. The Labute approximate surface area is 155 Å². The van der Waals surface area contributed by atoms with Crippen LogP contribution in [-0.2, 0) is 24.1 Å². The van der Waals surface area contributed by atoms with Gasteiger partial charge in [0, 0.05) is 39.0 Å². The minimum Gasteiger partial charge on any atom is -0.379 e. The van der Waals surface area contributed by atoms with E-state index in [9.17, 15) is 4.79 Å². The molecule has 2 aliphatic heterocycles. The van der Waals surface area contributed by atoms with Crippen LogP contribution >= 0.6 is 11.3 Å². The highest BCUT2D eigenvalue weighted by Crippen LogP contribution is 2.19. The zero-order valence-corrected chi connectivity index (χ0v) is 15.5. The summed E-state index contributed by atoms with van der Waals surface area (Å²) in [6.07, 6.45) is 5.02. The van der Waals surface area contributed by atoms with Crippen molar-refractivity contribution >= 4 is 22.4 Å². The fourth-order valence-corrected chi connectivity index (χ4v) is 4.01. The molecule has 4 heterocycles. The molecule has 2 aliphatic rings. The molecule has 140 valence electrons. The zero-order valence-electron chi connectivity index (χ0n) is 14.7. The number of morpholine rings is 1. The second-order valence-corrected chi connectivity index (χ2v) is 7.62. The predicted octanol–water partition coefficient (Wildman–Crippen LogP) is 0.983. The van der Waals surface area contributed by atoms with Gasteiger partial charge >= 0.3 is 0 Å². The van der Waals surface area contributed by atoms with Gasteiger partial charge in [-0.05, 0) is 12.8 Å². The molecule has 0 aliphatic carbocycles. The summed E-state index contributed by atoms with van der Waals surface area (Å²) >= 11 is 1.42. The van der Waals surface area contributed by atoms with E-state index in [1.807, 2.05) is 4.57 Å². The molecule has 2 aromatic heterocycles. The monoisotopic (exact) mass is 377 g/mol. The molecule has 0 saturated carbocycles. The molecule has 0 radical (unpaired) electrons. The van der Waals surface area contributed by atoms with Gasteiger partial charge in [-0.3, -0.25) is 15.0 Å². The Hall–Kier alpha value is -1.91. The van der Waals surface area contributed by atoms with Crippen LogP contribution in [0.25, 0.3) is 0 Å². The van der Waals surface area contributed by atoms with Crippen LogP contribution in [0.2, 0.25) is 0 Å². The summed E-state index contributed by atoms with van der Waals surface area (Å²) in [5.41, 5.74) is 0. The van der Waals surface area contributed by atoms with Crippen molar-refractivity contribution in [1.29, 1.82) is 0 Å². The van der Waals surface area contributed by atoms with Gasteiger partial charge in [0.25, 0.3) is 5.91 Å². The maximum Gasteiger partial charge on any atom is 0.295 e. The fraction of sp³-hybridized carbons (Fsp3) is 0.688. The van der Waals surface area contributed by atoms with Crippen LogP contribution in [0.4, 0.5) is 5.13 Å². The van der Waals surface area contributed by atoms with Gasteiger partial charge in [-0.2, -0.15) is 0 Å². The third-order valence-corrected chi connectivity index (χ3v) is 5.64. The first-order chi connectivity index (χ1) is 12.8. The van der Waals surface area contributed by atoms with Crippen molar-refractivity contribution in [3.05, 3.63) is 16.7 Å². The Morgan fingerprint density at radius 1 is 1.08 bits per heavy atom. The van der Waals surface area contributed by atoms with Crippen LogP contribution in [-0.4, -0.2) is 68.6 Å². The number of hydrogen-bond acceptors (Lipinski definition) is 8. The third kappa shape index (κ3) is 4.08. The summed E-state index contributed by atoms with van der Waals surface area (Å²) in [6, 6.07) is 0. The summed E-state index contributed by atoms with van der Waals surface area (Å²) in [6.45, 7) is 5.23. The minimum absolute atomic E-state index is 0.262. The van der Waals surface area contributed by atoms with Crippen molar-refractivity contribution in [2.75, 3.05) is 38.2 Å². The summed E-state index contributed by atoms with van der Waals surface area (Å²) in [7, 11) is 0. The number of nitrogens with zero attached hydrogens (tertiary/aromatic N) is 6. The normalized spacial score (nSPS) is 18.3. The van der Waals surface area contributed by atoms with Gasteiger partial charge in [-0.15, -0.1) is 20.4 Å². The second-order valence-electron chi connectivity index (χ2n) is 6.56. The van der Waals surface area contributed by atoms with Crippen molar-refractivity contribution in [2.24, 2.45) is 0 Å². The Morgan fingerprint density at radius 2 is 1.96 bits per heavy atom. The number of anilines is 1. The van der Waals surface area contributed by atoms with E-state index in [1.54, 1.807) is 0 Å². The molecule has 0 bridgehead atoms. The lowest BCUT2D eigenvalue weighted by atomic mass is 10.2. The third-order valence-electron chi connectivity index (χ3n) is 4.75. The Morgan fingerprint density at radius 3 is 2.85 bits per heavy atom. The highest BCUT2D eigenvalue weighted by molar-refractivity contribution is 7.15. The average molecular weight is 377 g/mol. The topological polar surface area (TPSA) is 98.1 Å². The molecule has 0 spiro atoms. The summed E-state index contributed by atoms with van der Waals surface area (Å²) in [5, 5.41) is 20.8. The molecule has 9 nitrogen and oxygen atoms in total. The molecule has 0 atom stereocenters. The van der Waals surface area contributed by atoms with E-state index >= 15 is 0 Å². The number of carbonyl (C=O) groups excluding carboxylic acids is 1. The maximum atomic E-state index is 12.6. The zero-order chi connectivity index (χ0) is 17.8. The van der Waals surface area contributed by atoms with Crippen molar-refractivity contribution in [1.82, 2.24) is 29.9 Å². The number of ether oxygens (including phenoxy) is 1. The van der Waals surface area contributed by atoms with Gasteiger partial charge in [0.2, 0.25) is 11.0 Å². The number of amides is 1. The van der Waals surface area contributed by atoms with Gasteiger partial charge in [0.15, 0.2) is 0 Å². The van der Waals surface area contributed by atoms with Gasteiger partial charge in [-0.25, -0.2) is 0 Å². The maximum absolute atomic E-state index is 12.6. The van der Waals surface area contributed by atoms with Gasteiger partial charge in [0.1, 0.15) is 10.8 Å². The number of aromatic nitrogens is 5. The Bertz CT molecular complexity index is 754. The molecule has 0 aromatic carbocycles. The molecule has 10 heteroatoms. The molecule has 2 aromatic rings. The van der Waals surface area contributed by atoms with Crippen LogP contribution in [0.3, 0.4) is 0 Å². The summed E-state index contributed by atoms with van der Waals surface area (Å²) in [5.74, 6) is 1.00. The van der Waals surface area contributed by atoms with Crippen LogP contribution in [0, 0.1) is 0 Å². The molecule has 26 heavy (non-hydrogen) atoms. The number of hydrogen-bond donors (Lipinski definition) is 1. The van der Waals surface area contributed by atoms with Gasteiger partial charge in [-0.1, -0.05) is 17.8 Å². The van der Waals surface area contributed by atoms with E-state index in [0.29, 0.717) is 11.0 Å². The van der Waals surface area contributed by atoms with E-state index in [-0.39, 0.29) is 5.91 Å². The molecular weight excluding hydrogens is 354 g/mol. The number of rotatable bonds is 5. The molecule has 4 rings (SSSR count). The van der Waals surface area contributed by atoms with Crippen molar-refractivity contribution in [2.45, 2.75) is 38.6 Å². The Kier molecular flexibility index (Phi) is 5.51. The first kappa shape index (κ1) is 17.5. The van der Waals surface area contributed by atoms with E-state index in [2.05, 4.69) is 30.6 Å². The largest absolute Gasteiger partial charge is 0.379 e. The van der Waals surface area contributed by atoms with Crippen LogP contribution in [0.5, 0.6) is 0 Å². The highest BCUT2D eigenvalue weighted by atomic mass is 32.1. The van der Waals surface area contributed by atoms with Crippen LogP contribution < -0.4 is 5.32 Å². The van der Waals surface area contributed by atoms with Crippen LogP contribution in [0.1, 0.15) is 40.7 Å². The van der Waals surface area contributed by atoms with Crippen LogP contribution in [0.15, 0.2) is 0 Å². The number of fused-ring (bicyclic) bond motifs is 1. The lowest BCUT2D eigenvalue weighted by Gasteiger charge is -2.25. The minimum atomic E-state index is -0.262. The molecular formula is C16H23N7O2S. The van der Waals surface area contributed by atoms with E-state index in [1.165, 1.54) is 11.3 Å². The summed E-state index contributed by atoms with van der Waals surface area (Å²) in [4.78, 5) is 14.9. The SMILES string of the molecule is O=C(Nc1nnc(CCN2CCOCC2)s1)c1nnc2n1CCCCC2. The van der Waals surface area contributed by atoms with Crippen molar-refractivity contribution < 1.29 is 9.53 Å². The number of nitrogens with one attached hydrogen (secondary N) is 1. The molecule has 1 amide bonds. The average Bonchev–Trinajstić information content (AvgIpc) is 3.21. The van der Waals surface area contributed by atoms with Gasteiger partial charge < -0.3 is 9.30 Å². The van der Waals surface area contributed by atoms with Crippen molar-refractivity contribution in [3.63, 3.8) is 0 Å². The quantitative estimate of drug-likeness (QED) is 0.829. The number of aryl methyl sites for hydroxylation is 1. The van der Waals surface area contributed by atoms with Crippen molar-refractivity contribution in [3.8, 4) is 0 Å². The van der Waals surface area contributed by atoms with Gasteiger partial charge in [0.05, 0.1) is 13.2 Å². The lowest BCUT2D eigenvalue weighted by molar-refractivity contribution is 0.0384. The lowest BCUT2D eigenvalue weighted by Crippen LogP contribution is -2.37. The van der Waals surface area contributed by atoms with E-state index in [4.69, 9.17) is 4.74 Å². The first-order valence-corrected chi connectivity index (χ1v) is 9.97. The predicted molar refractivity (Wildman–Crippen MR) is 96.4 cm³/mol. The molecule has 0 unspecified atom stereocenters. The Balaban J connectivity index is 1.35. The number of carbonyl (C=O) groups is 1. The molecule has 1 saturated heterocycles. The second kappa shape index (κ2) is 8.19. The highest BCUT2D eigenvalue weighted by Gasteiger charge is 2.21. The first-order valence-electron chi connectivity index (χ1n) is 9.15. The standard InChI is InChI=1S/C16H23N7O2S/c24-15(14-20-18-12-4-2-1-3-6-23(12)14)17-16-21-19-13(26-16)5-7-22-8-10-25-11-9-22/h1-11H2,(H,17,21,24). The van der Waals surface area contributed by atoms with E-state index in [0.717, 1.165) is 82.3 Å². The van der Waals surface area contributed by atoms with E-state index < -0.39 is 0 Å².